The zero-order valence-electron chi connectivity index (χ0n) is 12.9. The third-order valence-electron chi connectivity index (χ3n) is 3.11. The van der Waals surface area contributed by atoms with Gasteiger partial charge in [-0.15, -0.1) is 0 Å². The molecule has 126 valence electrons. The predicted octanol–water partition coefficient (Wildman–Crippen LogP) is 0.926. The Kier molecular flexibility index (Phi) is 4.56. The van der Waals surface area contributed by atoms with Gasteiger partial charge in [0.25, 0.3) is 0 Å². The highest BCUT2D eigenvalue weighted by Gasteiger charge is 2.18. The van der Waals surface area contributed by atoms with Crippen molar-refractivity contribution in [3.8, 4) is 11.5 Å². The van der Waals surface area contributed by atoms with Crippen LogP contribution in [0, 0.1) is 0 Å². The second-order valence-electron chi connectivity index (χ2n) is 4.94. The molecule has 0 bridgehead atoms. The molecule has 24 heavy (non-hydrogen) atoms. The summed E-state index contributed by atoms with van der Waals surface area (Å²) in [5, 5.41) is 2.65. The molecule has 1 unspecified atom stereocenters. The topological polar surface area (TPSA) is 138 Å². The van der Waals surface area contributed by atoms with Gasteiger partial charge in [0.2, 0.25) is 17.8 Å². The van der Waals surface area contributed by atoms with Crippen LogP contribution in [-0.4, -0.2) is 39.3 Å². The summed E-state index contributed by atoms with van der Waals surface area (Å²) in [6.45, 7) is 2.73. The van der Waals surface area contributed by atoms with Crippen LogP contribution in [0.15, 0.2) is 23.4 Å². The number of hydrogen-bond donors (Lipinski definition) is 3. The van der Waals surface area contributed by atoms with Crippen LogP contribution in [0.4, 0.5) is 17.6 Å². The fraction of sp³-hybridized carbons (Fsp3) is 0.286. The van der Waals surface area contributed by atoms with E-state index in [1.165, 1.54) is 0 Å². The predicted molar refractivity (Wildman–Crippen MR) is 90.0 cm³/mol. The maximum atomic E-state index is 12.3. The second-order valence-corrected chi connectivity index (χ2v) is 6.25. The molecule has 0 saturated carbocycles. The van der Waals surface area contributed by atoms with Crippen molar-refractivity contribution in [2.24, 2.45) is 0 Å². The molecule has 9 nitrogen and oxygen atoms in total. The van der Waals surface area contributed by atoms with Gasteiger partial charge < -0.3 is 26.3 Å². The van der Waals surface area contributed by atoms with E-state index in [2.05, 4.69) is 20.3 Å². The molecule has 10 heteroatoms. The molecular formula is C14H16N6O3S. The van der Waals surface area contributed by atoms with Crippen LogP contribution in [0.25, 0.3) is 0 Å². The lowest BCUT2D eigenvalue weighted by atomic mass is 10.2. The Labute approximate surface area is 142 Å². The average Bonchev–Trinajstić information content (AvgIpc) is 2.53. The highest BCUT2D eigenvalue weighted by atomic mass is 32.2. The van der Waals surface area contributed by atoms with Crippen LogP contribution < -0.4 is 26.3 Å². The number of aromatic nitrogens is 3. The van der Waals surface area contributed by atoms with Gasteiger partial charge in [-0.2, -0.15) is 15.0 Å². The number of thioether (sulfide) groups is 1. The van der Waals surface area contributed by atoms with E-state index in [1.54, 1.807) is 25.1 Å². The second kappa shape index (κ2) is 6.79. The number of hydrogen-bond acceptors (Lipinski definition) is 9. The molecule has 3 rings (SSSR count). The number of nitrogen functional groups attached to an aromatic ring is 2. The van der Waals surface area contributed by atoms with Crippen LogP contribution >= 0.6 is 11.8 Å². The number of nitrogens with zero attached hydrogens (tertiary/aromatic N) is 3. The van der Waals surface area contributed by atoms with E-state index in [1.807, 2.05) is 0 Å². The zero-order valence-corrected chi connectivity index (χ0v) is 13.7. The number of ether oxygens (including phenoxy) is 2. The zero-order chi connectivity index (χ0) is 17.1. The smallest absolute Gasteiger partial charge is 0.237 e. The molecule has 0 fully saturated rings. The molecule has 5 N–H and O–H groups in total. The van der Waals surface area contributed by atoms with Gasteiger partial charge in [0.15, 0.2) is 16.7 Å². The van der Waals surface area contributed by atoms with Gasteiger partial charge in [0.05, 0.1) is 5.25 Å². The van der Waals surface area contributed by atoms with E-state index < -0.39 is 5.25 Å². The van der Waals surface area contributed by atoms with Crippen molar-refractivity contribution in [1.82, 2.24) is 15.0 Å². The van der Waals surface area contributed by atoms with E-state index in [-0.39, 0.29) is 17.8 Å². The normalized spacial score (nSPS) is 14.0. The minimum atomic E-state index is -0.459. The minimum absolute atomic E-state index is 0.0180. The van der Waals surface area contributed by atoms with Crippen molar-refractivity contribution in [2.45, 2.75) is 17.3 Å². The largest absolute Gasteiger partial charge is 0.486 e. The van der Waals surface area contributed by atoms with Gasteiger partial charge in [-0.3, -0.25) is 4.79 Å². The lowest BCUT2D eigenvalue weighted by Crippen LogP contribution is -2.23. The van der Waals surface area contributed by atoms with Crippen LogP contribution in [0.5, 0.6) is 11.5 Å². The molecule has 0 aliphatic carbocycles. The molecule has 1 amide bonds. The van der Waals surface area contributed by atoms with Gasteiger partial charge >= 0.3 is 0 Å². The minimum Gasteiger partial charge on any atom is -0.486 e. The molecule has 0 saturated heterocycles. The summed E-state index contributed by atoms with van der Waals surface area (Å²) in [7, 11) is 0. The van der Waals surface area contributed by atoms with Crippen molar-refractivity contribution >= 4 is 35.3 Å². The molecule has 1 atom stereocenters. The first-order valence-electron chi connectivity index (χ1n) is 7.15. The Morgan fingerprint density at radius 3 is 2.54 bits per heavy atom. The summed E-state index contributed by atoms with van der Waals surface area (Å²) in [6, 6.07) is 5.24. The van der Waals surface area contributed by atoms with Gasteiger partial charge in [0, 0.05) is 11.8 Å². The van der Waals surface area contributed by atoms with Gasteiger partial charge in [-0.25, -0.2) is 0 Å². The Bertz CT molecular complexity index is 752. The highest BCUT2D eigenvalue weighted by Crippen LogP contribution is 2.33. The van der Waals surface area contributed by atoms with Crippen LogP contribution in [-0.2, 0) is 4.79 Å². The molecule has 0 radical (unpaired) electrons. The molecular weight excluding hydrogens is 332 g/mol. The average molecular weight is 348 g/mol. The number of carbonyl (C=O) groups is 1. The first kappa shape index (κ1) is 16.1. The number of nitrogens with two attached hydrogens (primary N) is 2. The Morgan fingerprint density at radius 1 is 1.17 bits per heavy atom. The quantitative estimate of drug-likeness (QED) is 0.688. The first-order valence-corrected chi connectivity index (χ1v) is 8.03. The lowest BCUT2D eigenvalue weighted by molar-refractivity contribution is -0.115. The number of nitrogens with one attached hydrogen (secondary N) is 1. The van der Waals surface area contributed by atoms with Gasteiger partial charge in [-0.1, -0.05) is 11.8 Å². The summed E-state index contributed by atoms with van der Waals surface area (Å²) < 4.78 is 10.9. The number of anilines is 3. The molecule has 1 aromatic heterocycles. The number of rotatable bonds is 4. The van der Waals surface area contributed by atoms with Crippen LogP contribution in [0.1, 0.15) is 6.92 Å². The fourth-order valence-corrected chi connectivity index (χ4v) is 2.79. The van der Waals surface area contributed by atoms with Gasteiger partial charge in [0.1, 0.15) is 13.2 Å². The monoisotopic (exact) mass is 348 g/mol. The van der Waals surface area contributed by atoms with Crippen molar-refractivity contribution in [3.63, 3.8) is 0 Å². The summed E-state index contributed by atoms with van der Waals surface area (Å²) in [5.41, 5.74) is 11.7. The Morgan fingerprint density at radius 2 is 1.83 bits per heavy atom. The number of benzene rings is 1. The summed E-state index contributed by atoms with van der Waals surface area (Å²) >= 11 is 1.14. The standard InChI is InChI=1S/C14H16N6O3S/c1-7(24-14-19-12(15)18-13(16)20-14)11(21)17-8-2-3-9-10(6-8)23-5-4-22-9/h2-3,6-7H,4-5H2,1H3,(H,17,21)(H4,15,16,18,19,20). The van der Waals surface area contributed by atoms with Crippen molar-refractivity contribution in [3.05, 3.63) is 18.2 Å². The van der Waals surface area contributed by atoms with Crippen LogP contribution in [0.3, 0.4) is 0 Å². The summed E-state index contributed by atoms with van der Waals surface area (Å²) in [5.74, 6) is 1.10. The van der Waals surface area contributed by atoms with E-state index in [0.29, 0.717) is 35.6 Å². The summed E-state index contributed by atoms with van der Waals surface area (Å²) in [6.07, 6.45) is 0. The fourth-order valence-electron chi connectivity index (χ4n) is 2.02. The third kappa shape index (κ3) is 3.77. The van der Waals surface area contributed by atoms with Crippen LogP contribution in [0.2, 0.25) is 0 Å². The molecule has 1 aromatic carbocycles. The van der Waals surface area contributed by atoms with Crippen molar-refractivity contribution in [1.29, 1.82) is 0 Å². The van der Waals surface area contributed by atoms with E-state index >= 15 is 0 Å². The molecule has 2 heterocycles. The number of fused-ring (bicyclic) bond motifs is 1. The summed E-state index contributed by atoms with van der Waals surface area (Å²) in [4.78, 5) is 23.9. The third-order valence-corrected chi connectivity index (χ3v) is 4.07. The molecule has 0 spiro atoms. The van der Waals surface area contributed by atoms with Crippen molar-refractivity contribution in [2.75, 3.05) is 30.0 Å². The SMILES string of the molecule is CC(Sc1nc(N)nc(N)n1)C(=O)Nc1ccc2c(c1)OCCO2. The van der Waals surface area contributed by atoms with E-state index in [4.69, 9.17) is 20.9 Å². The van der Waals surface area contributed by atoms with Gasteiger partial charge in [-0.05, 0) is 19.1 Å². The molecule has 1 aliphatic heterocycles. The molecule has 1 aliphatic rings. The number of amides is 1. The maximum absolute atomic E-state index is 12.3. The number of carbonyl (C=O) groups excluding carboxylic acids is 1. The maximum Gasteiger partial charge on any atom is 0.237 e. The Hall–Kier alpha value is -2.75. The Balaban J connectivity index is 1.65. The lowest BCUT2D eigenvalue weighted by Gasteiger charge is -2.19. The molecule has 2 aromatic rings. The highest BCUT2D eigenvalue weighted by molar-refractivity contribution is 8.00. The first-order chi connectivity index (χ1) is 11.5. The van der Waals surface area contributed by atoms with Crippen molar-refractivity contribution < 1.29 is 14.3 Å². The van der Waals surface area contributed by atoms with E-state index in [0.717, 1.165) is 11.8 Å². The van der Waals surface area contributed by atoms with E-state index in [9.17, 15) is 4.79 Å².